The number of carboxylic acids is 4. The van der Waals surface area contributed by atoms with Crippen molar-refractivity contribution in [3.63, 3.8) is 0 Å². The van der Waals surface area contributed by atoms with Crippen molar-refractivity contribution < 1.29 is 122 Å². The molecular weight excluding hydrogens is 1280 g/mol. The van der Waals surface area contributed by atoms with E-state index in [4.69, 9.17) is 15.8 Å². The Morgan fingerprint density at radius 2 is 0.930 bits per heavy atom. The number of aliphatic carboxylic acids is 4. The third-order valence-corrected chi connectivity index (χ3v) is 15.0. The summed E-state index contributed by atoms with van der Waals surface area (Å²) < 4.78 is 118. The zero-order valence-electron chi connectivity index (χ0n) is 42.2. The number of carbonyl (C=O) groups is 4. The maximum Gasteiger partial charge on any atom is 0.326 e. The van der Waals surface area contributed by atoms with Gasteiger partial charge in [-0.1, -0.05) is 39.4 Å². The first-order valence-electron chi connectivity index (χ1n) is 22.8. The molecule has 2 atom stereocenters. The Balaban J connectivity index is 1.36. The monoisotopic (exact) mass is 1320 g/mol. The van der Waals surface area contributed by atoms with Crippen LogP contribution in [0.25, 0.3) is 12.2 Å². The normalized spacial score (nSPS) is 12.5. The van der Waals surface area contributed by atoms with Gasteiger partial charge in [0, 0.05) is 34.0 Å². The van der Waals surface area contributed by atoms with E-state index in [1.807, 2.05) is 0 Å². The molecule has 0 bridgehead atoms. The van der Waals surface area contributed by atoms with Crippen LogP contribution in [-0.4, -0.2) is 141 Å². The number of aromatic nitrogens is 6. The highest BCUT2D eigenvalue weighted by Gasteiger charge is 2.25. The number of benzene rings is 4. The molecule has 0 amide bonds. The molecule has 6 rings (SSSR count). The number of hydrogen-bond acceptors (Lipinski definition) is 34. The molecule has 0 saturated heterocycles. The minimum absolute atomic E-state index is 0.0444. The van der Waals surface area contributed by atoms with Crippen LogP contribution in [-0.2, 0) is 77.6 Å². The maximum atomic E-state index is 12.9. The molecule has 2 aromatic heterocycles. The second-order valence-electron chi connectivity index (χ2n) is 16.3. The highest BCUT2D eigenvalue weighted by Crippen LogP contribution is 2.35. The first-order chi connectivity index (χ1) is 40.6. The van der Waals surface area contributed by atoms with Gasteiger partial charge >= 0.3 is 23.9 Å². The number of nitrogens with zero attached hydrogens (tertiary/aromatic N) is 6. The number of hydrogen-bond donors (Lipinski definition) is 16. The predicted octanol–water partition coefficient (Wildman–Crippen LogP) is 5.69. The Hall–Kier alpha value is -8.26. The lowest BCUT2D eigenvalue weighted by Gasteiger charge is -2.16. The van der Waals surface area contributed by atoms with Gasteiger partial charge in [-0.3, -0.25) is 23.2 Å². The number of carboxylic acid groups (broad SMARTS) is 4. The van der Waals surface area contributed by atoms with Gasteiger partial charge in [0.15, 0.2) is 0 Å². The molecule has 2 heterocycles. The molecule has 86 heavy (non-hydrogen) atoms. The van der Waals surface area contributed by atoms with Gasteiger partial charge < -0.3 is 52.3 Å². The zero-order valence-corrected chi connectivity index (χ0v) is 47.1. The zero-order chi connectivity index (χ0) is 62.9. The van der Waals surface area contributed by atoms with E-state index in [-0.39, 0.29) is 42.9 Å². The molecule has 6 aromatic rings. The van der Waals surface area contributed by atoms with Crippen molar-refractivity contribution >= 4 is 161 Å². The summed E-state index contributed by atoms with van der Waals surface area (Å²) in [5, 5.41) is 91.0. The van der Waals surface area contributed by atoms with Crippen molar-refractivity contribution in [3.05, 3.63) is 83.9 Å². The van der Waals surface area contributed by atoms with Crippen LogP contribution >= 0.6 is 36.1 Å². The van der Waals surface area contributed by atoms with Gasteiger partial charge in [0.05, 0.1) is 57.3 Å². The summed E-state index contributed by atoms with van der Waals surface area (Å²) in [7, 11) is -15.0. The lowest BCUT2D eigenvalue weighted by Crippen LogP contribution is -2.31. The summed E-state index contributed by atoms with van der Waals surface area (Å²) in [5.74, 6) is -8.87. The lowest BCUT2D eigenvalue weighted by atomic mass is 10.1. The summed E-state index contributed by atoms with van der Waals surface area (Å²) in [6.07, 6.45) is 0.235. The molecule has 38 nitrogen and oxygen atoms in total. The molecule has 16 N–H and O–H groups in total. The molecule has 44 heteroatoms. The van der Waals surface area contributed by atoms with Crippen molar-refractivity contribution in [3.8, 4) is 0 Å². The van der Waals surface area contributed by atoms with Crippen molar-refractivity contribution in [1.29, 1.82) is 0 Å². The average Bonchev–Trinajstić information content (AvgIpc) is 1.90. The lowest BCUT2D eigenvalue weighted by molar-refractivity contribution is -0.432. The predicted molar refractivity (Wildman–Crippen MR) is 293 cm³/mol. The molecular formula is C42H40N12O26S6. The molecule has 0 aliphatic rings. The van der Waals surface area contributed by atoms with E-state index in [1.54, 1.807) is 0 Å². The molecule has 0 spiro atoms. The van der Waals surface area contributed by atoms with E-state index in [9.17, 15) is 78.5 Å². The summed E-state index contributed by atoms with van der Waals surface area (Å²) in [5.41, 5.74) is -0.809. The smallest absolute Gasteiger partial charge is 0.326 e. The van der Waals surface area contributed by atoms with E-state index in [1.165, 1.54) is 42.5 Å². The molecule has 4 aromatic carbocycles. The standard InChI is InChI=1S/C42H40N12O26S6/c55-33(56)13-9-25(35(59)60)45-39-50-38(51-41(53-39)47-27-18-24(84(66,67)68)8-11-29(27)82-79-76-64)44-22-6-4-20(32(16-22)86(72,73)74)2-1-19-3-5-21(15-30(19)83-80-77-65)43-37-49-40(46-26(36(61)62)10-14-34(57)58)54-42(52-37)48-28-17-23(81-78-75-63)7-12-31(28)85(69,70)71/h1-8,11-12,15-18,25-26,63-65H,9-10,13-14H2,(H,55,56)(H,57,58)(H,59,60)(H,61,62)(H,66,67,68)(H,69,70,71)(H,72,73,74)(H3,43,46,48,49,52,54)(H3,44,45,47,50,51,53). The second kappa shape index (κ2) is 30.2. The fourth-order valence-electron chi connectivity index (χ4n) is 6.82. The summed E-state index contributed by atoms with van der Waals surface area (Å²) in [6, 6.07) is 10.2. The van der Waals surface area contributed by atoms with Crippen molar-refractivity contribution in [1.82, 2.24) is 29.9 Å². The first kappa shape index (κ1) is 66.9. The third kappa shape index (κ3) is 20.2. The largest absolute Gasteiger partial charge is 0.481 e. The highest BCUT2D eigenvalue weighted by atomic mass is 32.2. The topological polar surface area (TPSA) is 578 Å². The summed E-state index contributed by atoms with van der Waals surface area (Å²) >= 11 is 1.08. The molecule has 0 radical (unpaired) electrons. The third-order valence-electron chi connectivity index (χ3n) is 10.5. The average molecular weight is 1320 g/mol. The van der Waals surface area contributed by atoms with E-state index in [0.29, 0.717) is 36.1 Å². The van der Waals surface area contributed by atoms with E-state index < -0.39 is 148 Å². The van der Waals surface area contributed by atoms with E-state index >= 15 is 0 Å². The van der Waals surface area contributed by atoms with E-state index in [2.05, 4.69) is 89.9 Å². The number of rotatable bonds is 34. The minimum Gasteiger partial charge on any atom is -0.481 e. The van der Waals surface area contributed by atoms with Gasteiger partial charge in [-0.25, -0.2) is 25.4 Å². The highest BCUT2D eigenvalue weighted by molar-refractivity contribution is 7.95. The molecule has 0 saturated carbocycles. The molecule has 0 fully saturated rings. The van der Waals surface area contributed by atoms with Gasteiger partial charge in [-0.2, -0.15) is 55.2 Å². The van der Waals surface area contributed by atoms with Crippen LogP contribution in [0.15, 0.2) is 102 Å². The number of anilines is 10. The van der Waals surface area contributed by atoms with Crippen LogP contribution in [0, 0.1) is 0 Å². The minimum atomic E-state index is -5.14. The van der Waals surface area contributed by atoms with E-state index in [0.717, 1.165) is 42.5 Å². The second-order valence-corrected chi connectivity index (χ2v) is 22.8. The van der Waals surface area contributed by atoms with Crippen LogP contribution < -0.4 is 31.9 Å². The molecule has 460 valence electrons. The number of nitrogens with one attached hydrogen (secondary N) is 6. The van der Waals surface area contributed by atoms with Crippen LogP contribution in [0.4, 0.5) is 58.4 Å². The molecule has 0 aliphatic carbocycles. The Bertz CT molecular complexity index is 3880. The SMILES string of the molecule is O=C(O)CCC(Nc1nc(Nc2ccc(C=Cc3ccc(Nc4nc(Nc5cc(SOOO)ccc5S(=O)(=O)O)nc(NC(CCC(=O)O)C(=O)O)n4)cc3SOOO)c(S(=O)(=O)O)c2)nc(Nc2cc(S(=O)(=O)O)ccc2SOOO)n1)C(=O)O. The van der Waals surface area contributed by atoms with Crippen molar-refractivity contribution in [2.75, 3.05) is 31.9 Å². The fraction of sp³-hybridized carbons (Fsp3) is 0.143. The summed E-state index contributed by atoms with van der Waals surface area (Å²) in [6.45, 7) is 0. The Morgan fingerprint density at radius 1 is 0.477 bits per heavy atom. The quantitative estimate of drug-likeness (QED) is 0.00758. The summed E-state index contributed by atoms with van der Waals surface area (Å²) in [4.78, 5) is 69.5. The van der Waals surface area contributed by atoms with Gasteiger partial charge in [0.1, 0.15) is 21.9 Å². The van der Waals surface area contributed by atoms with Gasteiger partial charge in [0.2, 0.25) is 35.7 Å². The van der Waals surface area contributed by atoms with Gasteiger partial charge in [-0.15, -0.1) is 13.0 Å². The van der Waals surface area contributed by atoms with Gasteiger partial charge in [-0.05, 0) is 84.6 Å². The fourth-order valence-corrected chi connectivity index (χ4v) is 10.0. The maximum absolute atomic E-state index is 12.9. The van der Waals surface area contributed by atoms with Crippen LogP contribution in [0.3, 0.4) is 0 Å². The first-order valence-corrected chi connectivity index (χ1v) is 29.3. The van der Waals surface area contributed by atoms with Crippen molar-refractivity contribution in [2.24, 2.45) is 0 Å². The molecule has 2 unspecified atom stereocenters. The Morgan fingerprint density at radius 3 is 1.42 bits per heavy atom. The Kier molecular flexibility index (Phi) is 23.5. The Labute approximate surface area is 493 Å². The van der Waals surface area contributed by atoms with Crippen LogP contribution in [0.2, 0.25) is 0 Å². The van der Waals surface area contributed by atoms with Crippen LogP contribution in [0.1, 0.15) is 36.8 Å². The molecule has 0 aliphatic heterocycles. The van der Waals surface area contributed by atoms with Gasteiger partial charge in [0.25, 0.3) is 30.4 Å². The van der Waals surface area contributed by atoms with Crippen LogP contribution in [0.5, 0.6) is 0 Å². The van der Waals surface area contributed by atoms with Crippen molar-refractivity contribution in [2.45, 2.75) is 67.1 Å².